The molecule has 0 bridgehead atoms. The van der Waals surface area contributed by atoms with Crippen LogP contribution in [0.15, 0.2) is 24.3 Å². The molecule has 3 nitrogen and oxygen atoms in total. The molecule has 0 aliphatic rings. The van der Waals surface area contributed by atoms with Crippen LogP contribution >= 0.6 is 24.0 Å². The van der Waals surface area contributed by atoms with Gasteiger partial charge in [-0.1, -0.05) is 17.7 Å². The number of benzene rings is 1. The third kappa shape index (κ3) is 5.62. The van der Waals surface area contributed by atoms with Gasteiger partial charge in [-0.05, 0) is 25.1 Å². The van der Waals surface area contributed by atoms with Gasteiger partial charge in [-0.25, -0.2) is 0 Å². The fraction of sp³-hybridized carbons (Fsp3) is 0.300. The van der Waals surface area contributed by atoms with Crippen molar-refractivity contribution < 1.29 is 4.79 Å². The maximum Gasteiger partial charge on any atom is 0.225 e. The molecule has 3 N–H and O–H groups in total. The second-order valence-corrected chi connectivity index (χ2v) is 3.68. The van der Waals surface area contributed by atoms with Gasteiger partial charge >= 0.3 is 0 Å². The van der Waals surface area contributed by atoms with Crippen molar-refractivity contribution in [2.24, 2.45) is 5.73 Å². The molecule has 1 aromatic carbocycles. The lowest BCUT2D eigenvalue weighted by molar-refractivity contribution is -0.116. The minimum atomic E-state index is -0.130. The molecule has 1 aromatic rings. The first-order chi connectivity index (χ1) is 6.58. The molecule has 84 valence electrons. The van der Waals surface area contributed by atoms with E-state index < -0.39 is 0 Å². The van der Waals surface area contributed by atoms with Crippen LogP contribution in [-0.4, -0.2) is 11.9 Å². The molecule has 0 aliphatic carbocycles. The first-order valence-corrected chi connectivity index (χ1v) is 4.76. The lowest BCUT2D eigenvalue weighted by Crippen LogP contribution is -2.23. The third-order valence-electron chi connectivity index (χ3n) is 1.62. The van der Waals surface area contributed by atoms with Crippen molar-refractivity contribution in [3.8, 4) is 0 Å². The van der Waals surface area contributed by atoms with Crippen molar-refractivity contribution in [1.82, 2.24) is 0 Å². The van der Waals surface area contributed by atoms with Crippen LogP contribution in [0.5, 0.6) is 0 Å². The summed E-state index contributed by atoms with van der Waals surface area (Å²) in [6.07, 6.45) is 0.312. The number of hydrogen-bond acceptors (Lipinski definition) is 2. The van der Waals surface area contributed by atoms with Crippen LogP contribution in [0, 0.1) is 0 Å². The molecule has 0 aliphatic heterocycles. The van der Waals surface area contributed by atoms with Crippen LogP contribution in [0.25, 0.3) is 0 Å². The summed E-state index contributed by atoms with van der Waals surface area (Å²) in [7, 11) is 0. The first kappa shape index (κ1) is 14.2. The zero-order valence-electron chi connectivity index (χ0n) is 8.37. The molecule has 0 fully saturated rings. The first-order valence-electron chi connectivity index (χ1n) is 4.39. The van der Waals surface area contributed by atoms with Crippen molar-refractivity contribution in [1.29, 1.82) is 0 Å². The van der Waals surface area contributed by atoms with E-state index in [1.807, 2.05) is 0 Å². The molecule has 0 radical (unpaired) electrons. The lowest BCUT2D eigenvalue weighted by atomic mass is 10.2. The SMILES string of the molecule is CC(N)CC(=O)Nc1cccc(Cl)c1.Cl. The van der Waals surface area contributed by atoms with E-state index in [4.69, 9.17) is 17.3 Å². The summed E-state index contributed by atoms with van der Waals surface area (Å²) in [4.78, 5) is 11.3. The zero-order valence-corrected chi connectivity index (χ0v) is 9.94. The molecule has 15 heavy (non-hydrogen) atoms. The molecule has 1 amide bonds. The van der Waals surface area contributed by atoms with Crippen molar-refractivity contribution >= 4 is 35.6 Å². The van der Waals surface area contributed by atoms with E-state index in [2.05, 4.69) is 5.32 Å². The van der Waals surface area contributed by atoms with E-state index in [1.165, 1.54) is 0 Å². The molecule has 1 atom stereocenters. The fourth-order valence-corrected chi connectivity index (χ4v) is 1.26. The van der Waals surface area contributed by atoms with Gasteiger partial charge in [-0.15, -0.1) is 12.4 Å². The number of rotatable bonds is 3. The molecular weight excluding hydrogens is 235 g/mol. The third-order valence-corrected chi connectivity index (χ3v) is 1.85. The Bertz CT molecular complexity index is 329. The van der Waals surface area contributed by atoms with Crippen LogP contribution in [0.2, 0.25) is 5.02 Å². The van der Waals surface area contributed by atoms with Crippen molar-refractivity contribution in [3.05, 3.63) is 29.3 Å². The average Bonchev–Trinajstić information content (AvgIpc) is 2.01. The summed E-state index contributed by atoms with van der Waals surface area (Å²) in [6, 6.07) is 6.88. The molecule has 1 unspecified atom stereocenters. The van der Waals surface area contributed by atoms with Gasteiger partial charge < -0.3 is 11.1 Å². The number of carbonyl (C=O) groups excluding carboxylic acids is 1. The number of carbonyl (C=O) groups is 1. The van der Waals surface area contributed by atoms with Crippen LogP contribution < -0.4 is 11.1 Å². The Labute approximate surface area is 100 Å². The molecule has 5 heteroatoms. The zero-order chi connectivity index (χ0) is 10.6. The number of nitrogens with two attached hydrogens (primary N) is 1. The Morgan fingerprint density at radius 2 is 2.27 bits per heavy atom. The average molecular weight is 249 g/mol. The second kappa shape index (κ2) is 6.67. The van der Waals surface area contributed by atoms with Crippen molar-refractivity contribution in [2.75, 3.05) is 5.32 Å². The maximum atomic E-state index is 11.3. The Balaban J connectivity index is 0.00000196. The highest BCUT2D eigenvalue weighted by Crippen LogP contribution is 2.14. The highest BCUT2D eigenvalue weighted by atomic mass is 35.5. The summed E-state index contributed by atoms with van der Waals surface area (Å²) in [5.74, 6) is -0.0951. The molecule has 1 rings (SSSR count). The fourth-order valence-electron chi connectivity index (χ4n) is 1.07. The minimum absolute atomic E-state index is 0. The standard InChI is InChI=1S/C10H13ClN2O.ClH/c1-7(12)5-10(14)13-9-4-2-3-8(11)6-9;/h2-4,6-7H,5,12H2,1H3,(H,13,14);1H. The van der Waals surface area contributed by atoms with E-state index >= 15 is 0 Å². The van der Waals surface area contributed by atoms with Gasteiger partial charge in [0.2, 0.25) is 5.91 Å². The minimum Gasteiger partial charge on any atom is -0.327 e. The Morgan fingerprint density at radius 3 is 2.80 bits per heavy atom. The highest BCUT2D eigenvalue weighted by Gasteiger charge is 2.05. The Hall–Kier alpha value is -0.770. The van der Waals surface area contributed by atoms with Gasteiger partial charge in [-0.2, -0.15) is 0 Å². The van der Waals surface area contributed by atoms with Gasteiger partial charge in [0, 0.05) is 23.2 Å². The monoisotopic (exact) mass is 248 g/mol. The largest absolute Gasteiger partial charge is 0.327 e. The van der Waals surface area contributed by atoms with Crippen molar-refractivity contribution in [3.63, 3.8) is 0 Å². The summed E-state index contributed by atoms with van der Waals surface area (Å²) in [5.41, 5.74) is 6.19. The summed E-state index contributed by atoms with van der Waals surface area (Å²) >= 11 is 5.76. The molecular formula is C10H14Cl2N2O. The Morgan fingerprint density at radius 1 is 1.60 bits per heavy atom. The predicted molar refractivity (Wildman–Crippen MR) is 65.6 cm³/mol. The lowest BCUT2D eigenvalue weighted by Gasteiger charge is -2.07. The molecule has 0 aromatic heterocycles. The van der Waals surface area contributed by atoms with E-state index in [0.717, 1.165) is 0 Å². The Kier molecular flexibility index (Phi) is 6.32. The summed E-state index contributed by atoms with van der Waals surface area (Å²) < 4.78 is 0. The number of anilines is 1. The second-order valence-electron chi connectivity index (χ2n) is 3.24. The normalized spacial score (nSPS) is 11.4. The van der Waals surface area contributed by atoms with E-state index in [9.17, 15) is 4.79 Å². The van der Waals surface area contributed by atoms with E-state index in [-0.39, 0.29) is 24.4 Å². The van der Waals surface area contributed by atoms with Gasteiger partial charge in [0.15, 0.2) is 0 Å². The number of halogens is 2. The van der Waals surface area contributed by atoms with Gasteiger partial charge in [-0.3, -0.25) is 4.79 Å². The van der Waals surface area contributed by atoms with Crippen LogP contribution in [0.3, 0.4) is 0 Å². The highest BCUT2D eigenvalue weighted by molar-refractivity contribution is 6.30. The number of nitrogens with one attached hydrogen (secondary N) is 1. The maximum absolute atomic E-state index is 11.3. The van der Waals surface area contributed by atoms with E-state index in [1.54, 1.807) is 31.2 Å². The molecule has 0 saturated heterocycles. The van der Waals surface area contributed by atoms with Gasteiger partial charge in [0.25, 0.3) is 0 Å². The topological polar surface area (TPSA) is 55.1 Å². The van der Waals surface area contributed by atoms with Gasteiger partial charge in [0.05, 0.1) is 0 Å². The predicted octanol–water partition coefficient (Wildman–Crippen LogP) is 2.44. The summed E-state index contributed by atoms with van der Waals surface area (Å²) in [5, 5.41) is 3.31. The number of amides is 1. The van der Waals surface area contributed by atoms with Gasteiger partial charge in [0.1, 0.15) is 0 Å². The molecule has 0 heterocycles. The van der Waals surface area contributed by atoms with Crippen LogP contribution in [-0.2, 0) is 4.79 Å². The molecule has 0 spiro atoms. The van der Waals surface area contributed by atoms with Crippen LogP contribution in [0.1, 0.15) is 13.3 Å². The van der Waals surface area contributed by atoms with Crippen LogP contribution in [0.4, 0.5) is 5.69 Å². The number of hydrogen-bond donors (Lipinski definition) is 2. The smallest absolute Gasteiger partial charge is 0.225 e. The molecule has 0 saturated carbocycles. The summed E-state index contributed by atoms with van der Waals surface area (Å²) in [6.45, 7) is 1.79. The van der Waals surface area contributed by atoms with E-state index in [0.29, 0.717) is 17.1 Å². The van der Waals surface area contributed by atoms with Crippen molar-refractivity contribution in [2.45, 2.75) is 19.4 Å². The quantitative estimate of drug-likeness (QED) is 0.864.